The van der Waals surface area contributed by atoms with Crippen LogP contribution < -0.4 is 19.7 Å². The van der Waals surface area contributed by atoms with E-state index in [4.69, 9.17) is 21.1 Å². The molecule has 0 bridgehead atoms. The molecule has 46 heavy (non-hydrogen) atoms. The lowest BCUT2D eigenvalue weighted by Crippen LogP contribution is -2.51. The first-order valence-electron chi connectivity index (χ1n) is 16.6. The Balaban J connectivity index is 1.33. The van der Waals surface area contributed by atoms with Crippen molar-refractivity contribution in [3.8, 4) is 5.75 Å². The van der Waals surface area contributed by atoms with E-state index in [1.807, 2.05) is 64.4 Å². The van der Waals surface area contributed by atoms with Gasteiger partial charge in [-0.05, 0) is 72.8 Å². The number of halogens is 1. The summed E-state index contributed by atoms with van der Waals surface area (Å²) in [6.45, 7) is 7.88. The fourth-order valence-electron chi connectivity index (χ4n) is 8.24. The third-order valence-corrected chi connectivity index (χ3v) is 15.2. The highest BCUT2D eigenvalue weighted by molar-refractivity contribution is 6.91. The number of hydrogen-bond donors (Lipinski definition) is 1. The van der Waals surface area contributed by atoms with Crippen LogP contribution in [0.1, 0.15) is 56.6 Å². The number of ether oxygens (including phenoxy) is 2. The quantitative estimate of drug-likeness (QED) is 0.269. The Hall–Kier alpha value is -3.17. The zero-order valence-electron chi connectivity index (χ0n) is 27.3. The van der Waals surface area contributed by atoms with Crippen molar-refractivity contribution >= 4 is 48.1 Å². The number of benzene rings is 3. The standard InChI is InChI=1S/C37H45ClN2O5Si/c1-25-35(46(3,4)30-17-15-29(44-2)16-18-30)33(20-22-41)45-37(25)31-23-27(38)12-19-32(31)40(36(37)43)24-26-10-13-28(14-11-26)39-21-8-6-5-7-9-34(39)42/h10-19,23,25,33,35,41H,5-9,20-22,24H2,1-4H3/t25-,33+,35-,37+/m0/s1. The molecule has 1 N–H and O–H groups in total. The van der Waals surface area contributed by atoms with Crippen molar-refractivity contribution in [2.75, 3.05) is 30.1 Å². The van der Waals surface area contributed by atoms with Crippen LogP contribution in [0.4, 0.5) is 11.4 Å². The number of aliphatic hydroxyl groups excluding tert-OH is 1. The topological polar surface area (TPSA) is 79.3 Å². The SMILES string of the molecule is COc1ccc([Si](C)(C)[C@@H]2[C@@H](CCO)O[C@]3(C(=O)N(Cc4ccc(N5CCCCCCC5=O)cc4)c4ccc(Cl)cc43)[C@H]2C)cc1. The minimum Gasteiger partial charge on any atom is -0.497 e. The van der Waals surface area contributed by atoms with Crippen molar-refractivity contribution in [1.82, 2.24) is 0 Å². The zero-order valence-corrected chi connectivity index (χ0v) is 29.1. The van der Waals surface area contributed by atoms with Gasteiger partial charge in [-0.2, -0.15) is 0 Å². The van der Waals surface area contributed by atoms with Gasteiger partial charge in [0.15, 0.2) is 5.60 Å². The molecule has 0 aromatic heterocycles. The smallest absolute Gasteiger partial charge is 0.264 e. The number of carbonyl (C=O) groups is 2. The van der Waals surface area contributed by atoms with Crippen LogP contribution in [0.15, 0.2) is 66.7 Å². The molecule has 2 fully saturated rings. The Morgan fingerprint density at radius 1 is 1.00 bits per heavy atom. The maximum Gasteiger partial charge on any atom is 0.264 e. The largest absolute Gasteiger partial charge is 0.497 e. The highest BCUT2D eigenvalue weighted by atomic mass is 35.5. The summed E-state index contributed by atoms with van der Waals surface area (Å²) in [6, 6.07) is 21.9. The Kier molecular flexibility index (Phi) is 9.36. The lowest BCUT2D eigenvalue weighted by atomic mass is 9.82. The van der Waals surface area contributed by atoms with Gasteiger partial charge in [-0.25, -0.2) is 0 Å². The van der Waals surface area contributed by atoms with Gasteiger partial charge in [0.05, 0.1) is 33.5 Å². The molecule has 6 rings (SSSR count). The molecule has 0 unspecified atom stereocenters. The van der Waals surface area contributed by atoms with Crippen LogP contribution in [0, 0.1) is 5.92 Å². The number of amides is 2. The molecule has 2 saturated heterocycles. The van der Waals surface area contributed by atoms with Crippen molar-refractivity contribution in [3.05, 3.63) is 82.9 Å². The summed E-state index contributed by atoms with van der Waals surface area (Å²) in [7, 11) is -0.598. The number of carbonyl (C=O) groups excluding carboxylic acids is 2. The molecule has 9 heteroatoms. The van der Waals surface area contributed by atoms with Gasteiger partial charge >= 0.3 is 0 Å². The second kappa shape index (κ2) is 13.1. The Bertz CT molecular complexity index is 1580. The van der Waals surface area contributed by atoms with E-state index in [1.54, 1.807) is 7.11 Å². The van der Waals surface area contributed by atoms with Crippen molar-refractivity contribution in [2.24, 2.45) is 5.92 Å². The zero-order chi connectivity index (χ0) is 32.6. The number of hydrogen-bond acceptors (Lipinski definition) is 5. The predicted octanol–water partition coefficient (Wildman–Crippen LogP) is 6.79. The maximum absolute atomic E-state index is 14.8. The summed E-state index contributed by atoms with van der Waals surface area (Å²) in [5.41, 5.74) is 2.32. The third-order valence-electron chi connectivity index (χ3n) is 10.6. The number of aliphatic hydroxyl groups is 1. The van der Waals surface area contributed by atoms with Crippen molar-refractivity contribution in [1.29, 1.82) is 0 Å². The van der Waals surface area contributed by atoms with E-state index in [9.17, 15) is 14.7 Å². The van der Waals surface area contributed by atoms with Crippen molar-refractivity contribution in [2.45, 2.75) is 82.3 Å². The molecule has 244 valence electrons. The van der Waals surface area contributed by atoms with Gasteiger partial charge in [0.1, 0.15) is 5.75 Å². The average molecular weight is 661 g/mol. The second-order valence-electron chi connectivity index (χ2n) is 13.6. The van der Waals surface area contributed by atoms with Gasteiger partial charge < -0.3 is 24.4 Å². The molecular formula is C37H45ClN2O5Si. The van der Waals surface area contributed by atoms with E-state index in [0.717, 1.165) is 60.5 Å². The van der Waals surface area contributed by atoms with Gasteiger partial charge in [-0.15, -0.1) is 0 Å². The van der Waals surface area contributed by atoms with Gasteiger partial charge in [-0.1, -0.05) is 73.9 Å². The number of fused-ring (bicyclic) bond motifs is 2. The van der Waals surface area contributed by atoms with E-state index in [1.165, 1.54) is 5.19 Å². The molecule has 3 aliphatic rings. The Morgan fingerprint density at radius 3 is 2.41 bits per heavy atom. The van der Waals surface area contributed by atoms with Gasteiger partial charge in [0.2, 0.25) is 5.91 Å². The lowest BCUT2D eigenvalue weighted by Gasteiger charge is -2.37. The maximum atomic E-state index is 14.8. The monoisotopic (exact) mass is 660 g/mol. The number of anilines is 2. The fourth-order valence-corrected chi connectivity index (χ4v) is 12.5. The summed E-state index contributed by atoms with van der Waals surface area (Å²) >= 11 is 6.60. The lowest BCUT2D eigenvalue weighted by molar-refractivity contribution is -0.146. The predicted molar refractivity (Wildman–Crippen MR) is 186 cm³/mol. The van der Waals surface area contributed by atoms with Crippen LogP contribution in [0.2, 0.25) is 23.7 Å². The first-order chi connectivity index (χ1) is 22.1. The molecule has 3 aromatic carbocycles. The number of methoxy groups -OCH3 is 1. The molecular weight excluding hydrogens is 616 g/mol. The molecule has 4 atom stereocenters. The summed E-state index contributed by atoms with van der Waals surface area (Å²) < 4.78 is 12.4. The number of rotatable bonds is 8. The van der Waals surface area contributed by atoms with E-state index in [0.29, 0.717) is 24.4 Å². The molecule has 0 saturated carbocycles. The molecule has 0 aliphatic carbocycles. The van der Waals surface area contributed by atoms with E-state index in [2.05, 4.69) is 32.2 Å². The minimum atomic E-state index is -2.26. The van der Waals surface area contributed by atoms with E-state index >= 15 is 0 Å². The van der Waals surface area contributed by atoms with Crippen molar-refractivity contribution < 1.29 is 24.2 Å². The Morgan fingerprint density at radius 2 is 1.72 bits per heavy atom. The first kappa shape index (κ1) is 32.8. The molecule has 1 spiro atoms. The summed E-state index contributed by atoms with van der Waals surface area (Å²) in [6.07, 6.45) is 4.94. The van der Waals surface area contributed by atoms with Crippen LogP contribution in [-0.4, -0.2) is 51.4 Å². The first-order valence-corrected chi connectivity index (χ1v) is 20.0. The summed E-state index contributed by atoms with van der Waals surface area (Å²) in [4.78, 5) is 31.4. The van der Waals surface area contributed by atoms with Crippen molar-refractivity contribution in [3.63, 3.8) is 0 Å². The van der Waals surface area contributed by atoms with Crippen LogP contribution in [0.5, 0.6) is 5.75 Å². The van der Waals surface area contributed by atoms with E-state index < -0.39 is 13.7 Å². The van der Waals surface area contributed by atoms with Crippen LogP contribution in [-0.2, 0) is 26.5 Å². The average Bonchev–Trinajstić information content (AvgIpc) is 3.46. The fraction of sp³-hybridized carbons (Fsp3) is 0.459. The highest BCUT2D eigenvalue weighted by Gasteiger charge is 2.66. The molecule has 3 aromatic rings. The molecule has 3 heterocycles. The van der Waals surface area contributed by atoms with Gasteiger partial charge in [0, 0.05) is 41.8 Å². The number of nitrogens with zero attached hydrogens (tertiary/aromatic N) is 2. The molecule has 7 nitrogen and oxygen atoms in total. The second-order valence-corrected chi connectivity index (χ2v) is 18.7. The summed E-state index contributed by atoms with van der Waals surface area (Å²) in [5.74, 6) is 0.725. The molecule has 2 amide bonds. The van der Waals surface area contributed by atoms with Crippen LogP contribution in [0.3, 0.4) is 0 Å². The summed E-state index contributed by atoms with van der Waals surface area (Å²) in [5, 5.41) is 12.0. The van der Waals surface area contributed by atoms with E-state index in [-0.39, 0.29) is 36.0 Å². The Labute approximate surface area is 278 Å². The normalized spacial score (nSPS) is 25.1. The van der Waals surface area contributed by atoms with Gasteiger partial charge in [0.25, 0.3) is 5.91 Å². The van der Waals surface area contributed by atoms with Crippen LogP contribution >= 0.6 is 11.6 Å². The van der Waals surface area contributed by atoms with Crippen LogP contribution in [0.25, 0.3) is 0 Å². The third kappa shape index (κ3) is 5.67. The van der Waals surface area contributed by atoms with Gasteiger partial charge in [-0.3, -0.25) is 9.59 Å². The molecule has 0 radical (unpaired) electrons. The minimum absolute atomic E-state index is 0.0246. The molecule has 3 aliphatic heterocycles. The highest BCUT2D eigenvalue weighted by Crippen LogP contribution is 2.60.